The predicted octanol–water partition coefficient (Wildman–Crippen LogP) is 4.53. The number of hydrogen-bond acceptors (Lipinski definition) is 4. The molecule has 5 nitrogen and oxygen atoms in total. The lowest BCUT2D eigenvalue weighted by atomic mass is 10.3. The summed E-state index contributed by atoms with van der Waals surface area (Å²) in [5.41, 5.74) is 0.336. The topological polar surface area (TPSA) is 68.5 Å². The van der Waals surface area contributed by atoms with Crippen LogP contribution in [0, 0.1) is 0 Å². The summed E-state index contributed by atoms with van der Waals surface area (Å²) in [7, 11) is 0. The fourth-order valence-electron chi connectivity index (χ4n) is 1.52. The molecule has 22 heavy (non-hydrogen) atoms. The van der Waals surface area contributed by atoms with Crippen molar-refractivity contribution in [2.75, 3.05) is 5.32 Å². The molecule has 1 aromatic heterocycles. The Morgan fingerprint density at radius 3 is 2.64 bits per heavy atom. The van der Waals surface area contributed by atoms with E-state index in [0.717, 1.165) is 0 Å². The van der Waals surface area contributed by atoms with Crippen molar-refractivity contribution < 1.29 is 18.7 Å². The van der Waals surface area contributed by atoms with E-state index in [4.69, 9.17) is 32.4 Å². The summed E-state index contributed by atoms with van der Waals surface area (Å²) in [6.45, 7) is 1.43. The Morgan fingerprint density at radius 2 is 2.00 bits per heavy atom. The van der Waals surface area contributed by atoms with Crippen LogP contribution >= 0.6 is 39.1 Å². The van der Waals surface area contributed by atoms with Crippen LogP contribution in [0.15, 0.2) is 39.4 Å². The number of anilines is 1. The maximum absolute atomic E-state index is 12.0. The van der Waals surface area contributed by atoms with Gasteiger partial charge in [-0.15, -0.1) is 0 Å². The fraction of sp³-hybridized carbons (Fsp3) is 0.143. The summed E-state index contributed by atoms with van der Waals surface area (Å²) >= 11 is 14.9. The number of rotatable bonds is 4. The zero-order chi connectivity index (χ0) is 16.3. The fourth-order valence-corrected chi connectivity index (χ4v) is 2.17. The van der Waals surface area contributed by atoms with E-state index < -0.39 is 18.0 Å². The van der Waals surface area contributed by atoms with Crippen molar-refractivity contribution in [3.63, 3.8) is 0 Å². The molecule has 0 saturated heterocycles. The van der Waals surface area contributed by atoms with Crippen LogP contribution in [0.5, 0.6) is 0 Å². The molecule has 0 aliphatic heterocycles. The average molecular weight is 407 g/mol. The van der Waals surface area contributed by atoms with Gasteiger partial charge in [-0.2, -0.15) is 0 Å². The first-order valence-electron chi connectivity index (χ1n) is 6.09. The van der Waals surface area contributed by atoms with Crippen LogP contribution < -0.4 is 5.32 Å². The van der Waals surface area contributed by atoms with E-state index >= 15 is 0 Å². The molecule has 0 aliphatic rings. The normalized spacial score (nSPS) is 11.8. The van der Waals surface area contributed by atoms with E-state index in [9.17, 15) is 9.59 Å². The van der Waals surface area contributed by atoms with Gasteiger partial charge >= 0.3 is 5.97 Å². The number of benzene rings is 1. The molecular formula is C14H10BrCl2NO4. The number of carbonyl (C=O) groups is 2. The first kappa shape index (κ1) is 16.9. The molecule has 0 saturated carbocycles. The number of ether oxygens (including phenoxy) is 1. The van der Waals surface area contributed by atoms with Crippen LogP contribution in [-0.4, -0.2) is 18.0 Å². The zero-order valence-electron chi connectivity index (χ0n) is 11.2. The molecule has 0 fully saturated rings. The van der Waals surface area contributed by atoms with E-state index in [-0.39, 0.29) is 5.76 Å². The van der Waals surface area contributed by atoms with Gasteiger partial charge in [0.1, 0.15) is 0 Å². The molecule has 1 aromatic carbocycles. The highest BCUT2D eigenvalue weighted by molar-refractivity contribution is 9.10. The zero-order valence-corrected chi connectivity index (χ0v) is 14.3. The summed E-state index contributed by atoms with van der Waals surface area (Å²) in [4.78, 5) is 23.8. The van der Waals surface area contributed by atoms with Crippen molar-refractivity contribution >= 4 is 56.7 Å². The van der Waals surface area contributed by atoms with Crippen molar-refractivity contribution in [1.82, 2.24) is 0 Å². The SMILES string of the molecule is CC(OC(=O)c1ccc(Br)o1)C(=O)Nc1cc(Cl)ccc1Cl. The van der Waals surface area contributed by atoms with E-state index in [1.165, 1.54) is 19.1 Å². The van der Waals surface area contributed by atoms with E-state index in [1.807, 2.05) is 0 Å². The van der Waals surface area contributed by atoms with Gasteiger partial charge in [0.15, 0.2) is 10.8 Å². The third-order valence-corrected chi connectivity index (χ3v) is 3.60. The lowest BCUT2D eigenvalue weighted by molar-refractivity contribution is -0.123. The van der Waals surface area contributed by atoms with Crippen LogP contribution in [0.25, 0.3) is 0 Å². The molecule has 0 spiro atoms. The Labute approximate surface area is 144 Å². The van der Waals surface area contributed by atoms with Crippen molar-refractivity contribution in [2.45, 2.75) is 13.0 Å². The van der Waals surface area contributed by atoms with E-state index in [2.05, 4.69) is 21.2 Å². The van der Waals surface area contributed by atoms with Crippen LogP contribution in [-0.2, 0) is 9.53 Å². The number of furan rings is 1. The molecule has 116 valence electrons. The number of nitrogens with one attached hydrogen (secondary N) is 1. The minimum atomic E-state index is -1.04. The van der Waals surface area contributed by atoms with Crippen molar-refractivity contribution in [2.24, 2.45) is 0 Å². The van der Waals surface area contributed by atoms with Crippen LogP contribution in [0.4, 0.5) is 5.69 Å². The molecule has 0 radical (unpaired) electrons. The lowest BCUT2D eigenvalue weighted by Crippen LogP contribution is -2.30. The molecular weight excluding hydrogens is 397 g/mol. The lowest BCUT2D eigenvalue weighted by Gasteiger charge is -2.13. The molecule has 1 heterocycles. The maximum atomic E-state index is 12.0. The number of halogens is 3. The molecule has 1 unspecified atom stereocenters. The standard InChI is InChI=1S/C14H10BrCl2NO4/c1-7(21-14(20)11-4-5-12(15)22-11)13(19)18-10-6-8(16)2-3-9(10)17/h2-7H,1H3,(H,18,19). The summed E-state index contributed by atoms with van der Waals surface area (Å²) in [5.74, 6) is -1.29. The second kappa shape index (κ2) is 7.17. The van der Waals surface area contributed by atoms with Gasteiger partial charge in [-0.3, -0.25) is 4.79 Å². The van der Waals surface area contributed by atoms with E-state index in [0.29, 0.717) is 20.4 Å². The summed E-state index contributed by atoms with van der Waals surface area (Å²) in [6.07, 6.45) is -1.04. The van der Waals surface area contributed by atoms with Gasteiger partial charge < -0.3 is 14.5 Å². The Hall–Kier alpha value is -1.50. The van der Waals surface area contributed by atoms with Gasteiger partial charge in [-0.1, -0.05) is 23.2 Å². The smallest absolute Gasteiger partial charge is 0.375 e. The predicted molar refractivity (Wildman–Crippen MR) is 86.4 cm³/mol. The van der Waals surface area contributed by atoms with Gasteiger partial charge in [0, 0.05) is 5.02 Å². The Bertz CT molecular complexity index is 717. The summed E-state index contributed by atoms with van der Waals surface area (Å²) < 4.78 is 10.5. The number of hydrogen-bond donors (Lipinski definition) is 1. The maximum Gasteiger partial charge on any atom is 0.375 e. The molecule has 2 rings (SSSR count). The Kier molecular flexibility index (Phi) is 5.50. The van der Waals surface area contributed by atoms with Crippen molar-refractivity contribution in [1.29, 1.82) is 0 Å². The largest absolute Gasteiger partial charge is 0.447 e. The third kappa shape index (κ3) is 4.25. The quantitative estimate of drug-likeness (QED) is 0.757. The van der Waals surface area contributed by atoms with Gasteiger partial charge in [-0.25, -0.2) is 4.79 Å². The second-order valence-corrected chi connectivity index (χ2v) is 5.89. The minimum Gasteiger partial charge on any atom is -0.447 e. The molecule has 8 heteroatoms. The number of amides is 1. The van der Waals surface area contributed by atoms with Crippen LogP contribution in [0.2, 0.25) is 10.0 Å². The minimum absolute atomic E-state index is 0.00712. The average Bonchev–Trinajstić information content (AvgIpc) is 2.89. The Morgan fingerprint density at radius 1 is 1.27 bits per heavy atom. The summed E-state index contributed by atoms with van der Waals surface area (Å²) in [5, 5.41) is 3.29. The second-order valence-electron chi connectivity index (χ2n) is 4.26. The first-order chi connectivity index (χ1) is 10.4. The highest BCUT2D eigenvalue weighted by Gasteiger charge is 2.21. The van der Waals surface area contributed by atoms with E-state index in [1.54, 1.807) is 18.2 Å². The highest BCUT2D eigenvalue weighted by atomic mass is 79.9. The van der Waals surface area contributed by atoms with Crippen molar-refractivity contribution in [3.05, 3.63) is 50.8 Å². The molecule has 0 bridgehead atoms. The van der Waals surface area contributed by atoms with Gasteiger partial charge in [0.2, 0.25) is 5.76 Å². The van der Waals surface area contributed by atoms with Crippen LogP contribution in [0.3, 0.4) is 0 Å². The number of carbonyl (C=O) groups excluding carboxylic acids is 2. The van der Waals surface area contributed by atoms with Crippen LogP contribution in [0.1, 0.15) is 17.5 Å². The third-order valence-electron chi connectivity index (χ3n) is 2.61. The monoisotopic (exact) mass is 405 g/mol. The van der Waals surface area contributed by atoms with Crippen molar-refractivity contribution in [3.8, 4) is 0 Å². The van der Waals surface area contributed by atoms with Gasteiger partial charge in [0.05, 0.1) is 10.7 Å². The molecule has 2 aromatic rings. The first-order valence-corrected chi connectivity index (χ1v) is 7.64. The van der Waals surface area contributed by atoms with Gasteiger partial charge in [0.25, 0.3) is 5.91 Å². The Balaban J connectivity index is 2.00. The molecule has 0 aliphatic carbocycles. The number of esters is 1. The van der Waals surface area contributed by atoms with Gasteiger partial charge in [-0.05, 0) is 53.2 Å². The molecule has 1 atom stereocenters. The molecule has 1 N–H and O–H groups in total. The summed E-state index contributed by atoms with van der Waals surface area (Å²) in [6, 6.07) is 7.63. The highest BCUT2D eigenvalue weighted by Crippen LogP contribution is 2.25. The molecule has 1 amide bonds.